The van der Waals surface area contributed by atoms with E-state index < -0.39 is 0 Å². The molecular formula is C20H22N4OS. The van der Waals surface area contributed by atoms with Crippen molar-refractivity contribution in [1.29, 1.82) is 0 Å². The molecule has 0 aliphatic carbocycles. The molecule has 2 aromatic carbocycles. The topological polar surface area (TPSA) is 51.0 Å². The molecule has 0 bridgehead atoms. The summed E-state index contributed by atoms with van der Waals surface area (Å²) in [6.07, 6.45) is 1.68. The maximum atomic E-state index is 12.8. The lowest BCUT2D eigenvalue weighted by atomic mass is 10.2. The molecule has 0 saturated heterocycles. The molecule has 0 aliphatic rings. The zero-order valence-electron chi connectivity index (χ0n) is 14.9. The zero-order valence-corrected chi connectivity index (χ0v) is 15.8. The maximum Gasteiger partial charge on any atom is 0.236 e. The molecule has 0 N–H and O–H groups in total. The van der Waals surface area contributed by atoms with Crippen LogP contribution in [0, 0.1) is 0 Å². The summed E-state index contributed by atoms with van der Waals surface area (Å²) >= 11 is 1.39. The lowest BCUT2D eigenvalue weighted by Gasteiger charge is -2.23. The zero-order chi connectivity index (χ0) is 18.4. The average molecular weight is 366 g/mol. The molecule has 0 radical (unpaired) electrons. The molecule has 1 amide bonds. The van der Waals surface area contributed by atoms with Crippen molar-refractivity contribution in [2.75, 3.05) is 6.54 Å². The lowest BCUT2D eigenvalue weighted by Crippen LogP contribution is -2.36. The third kappa shape index (κ3) is 4.52. The second kappa shape index (κ2) is 8.67. The quantitative estimate of drug-likeness (QED) is 0.597. The van der Waals surface area contributed by atoms with Crippen molar-refractivity contribution < 1.29 is 4.79 Å². The Bertz CT molecular complexity index is 835. The molecule has 1 unspecified atom stereocenters. The number of rotatable bonds is 7. The van der Waals surface area contributed by atoms with Gasteiger partial charge in [0.2, 0.25) is 11.1 Å². The van der Waals surface area contributed by atoms with Crippen LogP contribution >= 0.6 is 11.8 Å². The van der Waals surface area contributed by atoms with Crippen molar-refractivity contribution in [1.82, 2.24) is 19.7 Å². The normalized spacial score (nSPS) is 11.9. The van der Waals surface area contributed by atoms with Gasteiger partial charge in [-0.1, -0.05) is 60.3 Å². The third-order valence-electron chi connectivity index (χ3n) is 4.03. The van der Waals surface area contributed by atoms with E-state index in [4.69, 9.17) is 0 Å². The number of carbonyl (C=O) groups excluding carboxylic acids is 1. The van der Waals surface area contributed by atoms with Crippen molar-refractivity contribution in [2.24, 2.45) is 0 Å². The first kappa shape index (κ1) is 18.2. The largest absolute Gasteiger partial charge is 0.338 e. The van der Waals surface area contributed by atoms with Gasteiger partial charge in [0.1, 0.15) is 6.33 Å². The van der Waals surface area contributed by atoms with Crippen molar-refractivity contribution >= 4 is 17.7 Å². The first-order chi connectivity index (χ1) is 12.7. The summed E-state index contributed by atoms with van der Waals surface area (Å²) in [4.78, 5) is 19.0. The van der Waals surface area contributed by atoms with Crippen LogP contribution in [0.4, 0.5) is 0 Å². The molecule has 1 aromatic heterocycles. The van der Waals surface area contributed by atoms with Crippen LogP contribution in [0.3, 0.4) is 0 Å². The van der Waals surface area contributed by atoms with Gasteiger partial charge in [0.15, 0.2) is 0 Å². The number of thioether (sulfide) groups is 1. The summed E-state index contributed by atoms with van der Waals surface area (Å²) in [5.41, 5.74) is 2.08. The van der Waals surface area contributed by atoms with Gasteiger partial charge in [0, 0.05) is 13.1 Å². The monoisotopic (exact) mass is 366 g/mol. The van der Waals surface area contributed by atoms with E-state index in [9.17, 15) is 4.79 Å². The highest BCUT2D eigenvalue weighted by molar-refractivity contribution is 8.00. The van der Waals surface area contributed by atoms with E-state index in [0.717, 1.165) is 11.3 Å². The van der Waals surface area contributed by atoms with Crippen LogP contribution in [0.15, 0.2) is 72.1 Å². The van der Waals surface area contributed by atoms with Crippen LogP contribution in [0.5, 0.6) is 0 Å². The lowest BCUT2D eigenvalue weighted by molar-refractivity contribution is -0.130. The minimum absolute atomic E-state index is 0.0948. The van der Waals surface area contributed by atoms with Crippen molar-refractivity contribution in [2.45, 2.75) is 30.8 Å². The molecule has 1 heterocycles. The predicted octanol–water partition coefficient (Wildman–Crippen LogP) is 3.80. The molecule has 3 aromatic rings. The Morgan fingerprint density at radius 1 is 1.12 bits per heavy atom. The van der Waals surface area contributed by atoms with E-state index in [1.807, 2.05) is 79.4 Å². The summed E-state index contributed by atoms with van der Waals surface area (Å²) < 4.78 is 1.72. The number of benzene rings is 2. The van der Waals surface area contributed by atoms with Gasteiger partial charge in [-0.15, -0.1) is 5.10 Å². The molecule has 5 nitrogen and oxygen atoms in total. The molecule has 3 rings (SSSR count). The highest BCUT2D eigenvalue weighted by Gasteiger charge is 2.22. The minimum atomic E-state index is -0.245. The average Bonchev–Trinajstić information content (AvgIpc) is 3.15. The standard InChI is InChI=1S/C20H22N4OS/c1-3-23(14-17-10-6-4-7-11-17)19(25)16(2)26-20-21-15-24(22-20)18-12-8-5-9-13-18/h4-13,15-16H,3,14H2,1-2H3. The number of para-hydroxylation sites is 1. The number of nitrogens with zero attached hydrogens (tertiary/aromatic N) is 4. The van der Waals surface area contributed by atoms with E-state index in [1.165, 1.54) is 11.8 Å². The number of hydrogen-bond donors (Lipinski definition) is 0. The van der Waals surface area contributed by atoms with Gasteiger partial charge in [0.05, 0.1) is 10.9 Å². The summed E-state index contributed by atoms with van der Waals surface area (Å²) in [5, 5.41) is 4.83. The second-order valence-corrected chi connectivity index (χ2v) is 7.21. The summed E-state index contributed by atoms with van der Waals surface area (Å²) in [6, 6.07) is 19.9. The van der Waals surface area contributed by atoms with Gasteiger partial charge < -0.3 is 4.90 Å². The Kier molecular flexibility index (Phi) is 6.07. The molecule has 0 spiro atoms. The van der Waals surface area contributed by atoms with Crippen LogP contribution in [0.2, 0.25) is 0 Å². The summed E-state index contributed by atoms with van der Waals surface area (Å²) in [5.74, 6) is 0.0948. The van der Waals surface area contributed by atoms with Crippen molar-refractivity contribution in [3.8, 4) is 5.69 Å². The van der Waals surface area contributed by atoms with Crippen molar-refractivity contribution in [3.05, 3.63) is 72.6 Å². The van der Waals surface area contributed by atoms with Gasteiger partial charge in [-0.25, -0.2) is 9.67 Å². The van der Waals surface area contributed by atoms with Crippen molar-refractivity contribution in [3.63, 3.8) is 0 Å². The minimum Gasteiger partial charge on any atom is -0.338 e. The van der Waals surface area contributed by atoms with Crippen LogP contribution in [-0.2, 0) is 11.3 Å². The number of aromatic nitrogens is 3. The molecule has 1 atom stereocenters. The maximum absolute atomic E-state index is 12.8. The predicted molar refractivity (Wildman–Crippen MR) is 104 cm³/mol. The van der Waals surface area contributed by atoms with Gasteiger partial charge in [-0.2, -0.15) is 0 Å². The van der Waals surface area contributed by atoms with E-state index in [0.29, 0.717) is 18.2 Å². The molecule has 0 saturated carbocycles. The van der Waals surface area contributed by atoms with Gasteiger partial charge in [-0.05, 0) is 31.5 Å². The van der Waals surface area contributed by atoms with E-state index in [2.05, 4.69) is 10.1 Å². The molecule has 0 aliphatic heterocycles. The van der Waals surface area contributed by atoms with E-state index in [-0.39, 0.29) is 11.2 Å². The molecule has 6 heteroatoms. The van der Waals surface area contributed by atoms with Gasteiger partial charge in [0.25, 0.3) is 0 Å². The molecular weight excluding hydrogens is 344 g/mol. The fraction of sp³-hybridized carbons (Fsp3) is 0.250. The third-order valence-corrected chi connectivity index (χ3v) is 4.98. The smallest absolute Gasteiger partial charge is 0.236 e. The Hall–Kier alpha value is -2.60. The van der Waals surface area contributed by atoms with E-state index >= 15 is 0 Å². The van der Waals surface area contributed by atoms with Crippen LogP contribution < -0.4 is 0 Å². The highest BCUT2D eigenvalue weighted by atomic mass is 32.2. The number of amides is 1. The Balaban J connectivity index is 1.64. The molecule has 134 valence electrons. The first-order valence-electron chi connectivity index (χ1n) is 8.64. The SMILES string of the molecule is CCN(Cc1ccccc1)C(=O)C(C)Sc1ncn(-c2ccccc2)n1. The fourth-order valence-corrected chi connectivity index (χ4v) is 3.43. The Labute approximate surface area is 158 Å². The summed E-state index contributed by atoms with van der Waals surface area (Å²) in [7, 11) is 0. The number of hydrogen-bond acceptors (Lipinski definition) is 4. The van der Waals surface area contributed by atoms with Crippen LogP contribution in [-0.4, -0.2) is 37.4 Å². The first-order valence-corrected chi connectivity index (χ1v) is 9.51. The fourth-order valence-electron chi connectivity index (χ4n) is 2.62. The van der Waals surface area contributed by atoms with Gasteiger partial charge >= 0.3 is 0 Å². The second-order valence-electron chi connectivity index (χ2n) is 5.91. The van der Waals surface area contributed by atoms with Crippen LogP contribution in [0.1, 0.15) is 19.4 Å². The number of carbonyl (C=O) groups is 1. The summed E-state index contributed by atoms with van der Waals surface area (Å²) in [6.45, 7) is 5.20. The Morgan fingerprint density at radius 3 is 2.42 bits per heavy atom. The highest BCUT2D eigenvalue weighted by Crippen LogP contribution is 2.22. The van der Waals surface area contributed by atoms with E-state index in [1.54, 1.807) is 11.0 Å². The van der Waals surface area contributed by atoms with Gasteiger partial charge in [-0.3, -0.25) is 4.79 Å². The Morgan fingerprint density at radius 2 is 1.77 bits per heavy atom. The molecule has 0 fully saturated rings. The van der Waals surface area contributed by atoms with Crippen LogP contribution in [0.25, 0.3) is 5.69 Å². The molecule has 26 heavy (non-hydrogen) atoms.